The minimum Gasteiger partial charge on any atom is -0.398 e. The third-order valence-corrected chi connectivity index (χ3v) is 6.65. The van der Waals surface area contributed by atoms with E-state index in [1.807, 2.05) is 6.92 Å². The van der Waals surface area contributed by atoms with Gasteiger partial charge >= 0.3 is 0 Å². The predicted molar refractivity (Wildman–Crippen MR) is 137 cm³/mol. The number of hydrogen-bond acceptors (Lipinski definition) is 6. The molecule has 0 atom stereocenters. The van der Waals surface area contributed by atoms with E-state index in [1.165, 1.54) is 24.3 Å². The Morgan fingerprint density at radius 1 is 1.11 bits per heavy atom. The Hall–Kier alpha value is -4.38. The molecule has 0 unspecified atom stereocenters. The first-order chi connectivity index (χ1) is 17.0. The second kappa shape index (κ2) is 9.70. The van der Waals surface area contributed by atoms with Crippen molar-refractivity contribution >= 4 is 56.2 Å². The summed E-state index contributed by atoms with van der Waals surface area (Å²) in [6.07, 6.45) is 1.28. The number of fused-ring (bicyclic) bond motifs is 1. The fraction of sp³-hybridized carbons (Fsp3) is 0.120. The zero-order chi connectivity index (χ0) is 26.1. The first-order valence-corrected chi connectivity index (χ1v) is 11.5. The van der Waals surface area contributed by atoms with Gasteiger partial charge in [-0.15, -0.1) is 11.3 Å². The van der Waals surface area contributed by atoms with Crippen molar-refractivity contribution in [1.29, 1.82) is 0 Å². The molecule has 0 radical (unpaired) electrons. The van der Waals surface area contributed by atoms with Gasteiger partial charge in [-0.05, 0) is 61.2 Å². The van der Waals surface area contributed by atoms with E-state index in [-0.39, 0.29) is 27.8 Å². The summed E-state index contributed by atoms with van der Waals surface area (Å²) in [7, 11) is 1.73. The van der Waals surface area contributed by atoms with Crippen LogP contribution < -0.4 is 16.8 Å². The summed E-state index contributed by atoms with van der Waals surface area (Å²) in [6.45, 7) is 3.41. The highest BCUT2D eigenvalue weighted by Gasteiger charge is 2.18. The molecule has 0 fully saturated rings. The molecule has 0 aliphatic carbocycles. The van der Waals surface area contributed by atoms with Crippen LogP contribution in [0.15, 0.2) is 53.5 Å². The Morgan fingerprint density at radius 2 is 1.86 bits per heavy atom. The molecule has 0 aliphatic heterocycles. The number of amides is 2. The van der Waals surface area contributed by atoms with Gasteiger partial charge in [-0.25, -0.2) is 13.8 Å². The van der Waals surface area contributed by atoms with Crippen molar-refractivity contribution in [3.63, 3.8) is 0 Å². The van der Waals surface area contributed by atoms with Crippen molar-refractivity contribution < 1.29 is 18.4 Å². The first kappa shape index (κ1) is 24.7. The number of nitrogens with zero attached hydrogens (tertiary/aromatic N) is 3. The molecule has 2 aromatic heterocycles. The van der Waals surface area contributed by atoms with Crippen LogP contribution in [0.3, 0.4) is 0 Å². The van der Waals surface area contributed by atoms with Crippen molar-refractivity contribution in [1.82, 2.24) is 9.78 Å². The SMILES string of the molecule is Cc1c(C(N)=CC(=Nc2cc(C)n(C)n2)C(N)=O)ccc(F)c1NC(=O)c1cc2ccc(F)cc2s1. The van der Waals surface area contributed by atoms with Crippen molar-refractivity contribution in [2.24, 2.45) is 23.5 Å². The number of carbonyl (C=O) groups excluding carboxylic acids is 2. The van der Waals surface area contributed by atoms with Gasteiger partial charge in [0.05, 0.1) is 10.6 Å². The Labute approximate surface area is 208 Å². The van der Waals surface area contributed by atoms with Crippen LogP contribution in [0.4, 0.5) is 20.3 Å². The summed E-state index contributed by atoms with van der Waals surface area (Å²) in [4.78, 5) is 29.3. The lowest BCUT2D eigenvalue weighted by Gasteiger charge is -2.14. The molecule has 36 heavy (non-hydrogen) atoms. The van der Waals surface area contributed by atoms with Gasteiger partial charge in [0.2, 0.25) is 0 Å². The summed E-state index contributed by atoms with van der Waals surface area (Å²) in [6, 6.07) is 10.1. The molecule has 0 aliphatic rings. The van der Waals surface area contributed by atoms with Crippen LogP contribution in [0.5, 0.6) is 0 Å². The van der Waals surface area contributed by atoms with Gasteiger partial charge < -0.3 is 16.8 Å². The molecule has 0 spiro atoms. The van der Waals surface area contributed by atoms with E-state index in [4.69, 9.17) is 11.5 Å². The third kappa shape index (κ3) is 5.01. The van der Waals surface area contributed by atoms with E-state index in [9.17, 15) is 18.4 Å². The number of aryl methyl sites for hydroxylation is 2. The quantitative estimate of drug-likeness (QED) is 0.335. The molecule has 0 saturated carbocycles. The van der Waals surface area contributed by atoms with Crippen molar-refractivity contribution in [3.05, 3.63) is 81.9 Å². The molecule has 2 aromatic carbocycles. The number of aliphatic imine (C=N–C) groups is 1. The number of anilines is 1. The average Bonchev–Trinajstić information content (AvgIpc) is 3.37. The number of halogens is 2. The van der Waals surface area contributed by atoms with E-state index in [0.717, 1.165) is 23.1 Å². The number of nitrogens with two attached hydrogens (primary N) is 2. The van der Waals surface area contributed by atoms with Crippen LogP contribution >= 0.6 is 11.3 Å². The molecule has 2 heterocycles. The maximum atomic E-state index is 14.7. The number of benzene rings is 2. The zero-order valence-corrected chi connectivity index (χ0v) is 20.4. The lowest BCUT2D eigenvalue weighted by Crippen LogP contribution is -2.22. The van der Waals surface area contributed by atoms with Crippen LogP contribution in [0, 0.1) is 25.5 Å². The summed E-state index contributed by atoms with van der Waals surface area (Å²) in [5.41, 5.74) is 13.1. The molecule has 4 rings (SSSR count). The number of carbonyl (C=O) groups is 2. The minimum absolute atomic E-state index is 0.0737. The van der Waals surface area contributed by atoms with Gasteiger partial charge in [0.25, 0.3) is 11.8 Å². The summed E-state index contributed by atoms with van der Waals surface area (Å²) in [5, 5.41) is 7.45. The van der Waals surface area contributed by atoms with Crippen molar-refractivity contribution in [2.45, 2.75) is 13.8 Å². The molecule has 8 nitrogen and oxygen atoms in total. The highest BCUT2D eigenvalue weighted by atomic mass is 32.1. The van der Waals surface area contributed by atoms with Gasteiger partial charge in [0.1, 0.15) is 17.3 Å². The van der Waals surface area contributed by atoms with Gasteiger partial charge in [-0.3, -0.25) is 14.3 Å². The maximum absolute atomic E-state index is 14.7. The highest BCUT2D eigenvalue weighted by Crippen LogP contribution is 2.30. The fourth-order valence-corrected chi connectivity index (χ4v) is 4.52. The highest BCUT2D eigenvalue weighted by molar-refractivity contribution is 7.20. The van der Waals surface area contributed by atoms with E-state index in [0.29, 0.717) is 21.2 Å². The van der Waals surface area contributed by atoms with Crippen LogP contribution in [0.1, 0.15) is 26.5 Å². The first-order valence-electron chi connectivity index (χ1n) is 10.7. The molecular weight excluding hydrogens is 486 g/mol. The van der Waals surface area contributed by atoms with Crippen LogP contribution in [-0.2, 0) is 11.8 Å². The number of aromatic nitrogens is 2. The lowest BCUT2D eigenvalue weighted by molar-refractivity contribution is -0.111. The Morgan fingerprint density at radius 3 is 2.53 bits per heavy atom. The number of primary amides is 1. The molecular formula is C25H22F2N6O2S. The second-order valence-corrected chi connectivity index (χ2v) is 9.15. The molecule has 4 aromatic rings. The van der Waals surface area contributed by atoms with E-state index < -0.39 is 23.4 Å². The summed E-state index contributed by atoms with van der Waals surface area (Å²) in [5.74, 6) is -2.18. The van der Waals surface area contributed by atoms with Crippen LogP contribution in [-0.4, -0.2) is 27.3 Å². The Bertz CT molecular complexity index is 1570. The lowest BCUT2D eigenvalue weighted by atomic mass is 10.0. The predicted octanol–water partition coefficient (Wildman–Crippen LogP) is 4.34. The average molecular weight is 509 g/mol. The zero-order valence-electron chi connectivity index (χ0n) is 19.6. The van der Waals surface area contributed by atoms with Gasteiger partial charge in [-0.1, -0.05) is 6.07 Å². The Kier molecular flexibility index (Phi) is 6.67. The standard InChI is InChI=1S/C25H22F2N6O2S/c1-12-8-22(32-33(12)3)30-19(24(29)34)11-18(28)16-6-7-17(27)23(13(16)2)31-25(35)21-9-14-4-5-15(26)10-20(14)36-21/h4-11H,28H2,1-3H3,(H2,29,34)(H,31,35). The monoisotopic (exact) mass is 508 g/mol. The van der Waals surface area contributed by atoms with E-state index in [2.05, 4.69) is 15.4 Å². The van der Waals surface area contributed by atoms with Crippen LogP contribution in [0.2, 0.25) is 0 Å². The van der Waals surface area contributed by atoms with Crippen molar-refractivity contribution in [3.8, 4) is 0 Å². The summed E-state index contributed by atoms with van der Waals surface area (Å²) >= 11 is 1.09. The molecule has 0 saturated heterocycles. The number of rotatable bonds is 6. The van der Waals surface area contributed by atoms with Crippen molar-refractivity contribution in [2.75, 3.05) is 5.32 Å². The Balaban J connectivity index is 1.66. The normalized spacial score (nSPS) is 12.2. The minimum atomic E-state index is -0.823. The molecule has 0 bridgehead atoms. The van der Waals surface area contributed by atoms with Crippen LogP contribution in [0.25, 0.3) is 15.8 Å². The second-order valence-electron chi connectivity index (χ2n) is 8.07. The van der Waals surface area contributed by atoms with Gasteiger partial charge in [0, 0.05) is 34.8 Å². The number of thiophene rings is 1. The number of hydrogen-bond donors (Lipinski definition) is 3. The van der Waals surface area contributed by atoms with E-state index in [1.54, 1.807) is 36.9 Å². The number of nitrogens with one attached hydrogen (secondary N) is 1. The molecule has 11 heteroatoms. The third-order valence-electron chi connectivity index (χ3n) is 5.55. The fourth-order valence-electron chi connectivity index (χ4n) is 3.54. The molecule has 184 valence electrons. The topological polar surface area (TPSA) is 128 Å². The van der Waals surface area contributed by atoms with Gasteiger partial charge in [0.15, 0.2) is 5.82 Å². The van der Waals surface area contributed by atoms with E-state index >= 15 is 0 Å². The molecule has 5 N–H and O–H groups in total. The molecule has 2 amide bonds. The smallest absolute Gasteiger partial charge is 0.267 e. The van der Waals surface area contributed by atoms with Gasteiger partial charge in [-0.2, -0.15) is 5.10 Å². The largest absolute Gasteiger partial charge is 0.398 e. The summed E-state index contributed by atoms with van der Waals surface area (Å²) < 4.78 is 30.4. The maximum Gasteiger partial charge on any atom is 0.267 e.